The lowest BCUT2D eigenvalue weighted by molar-refractivity contribution is 0.101. The van der Waals surface area contributed by atoms with Crippen LogP contribution in [0.15, 0.2) is 30.5 Å². The highest BCUT2D eigenvalue weighted by Gasteiger charge is 2.15. The molecule has 2 aromatic rings. The van der Waals surface area contributed by atoms with Crippen LogP contribution in [0, 0.1) is 5.82 Å². The first kappa shape index (κ1) is 14.4. The quantitative estimate of drug-likeness (QED) is 0.846. The molecule has 1 aromatic heterocycles. The Morgan fingerprint density at radius 3 is 2.85 bits per heavy atom. The highest BCUT2D eigenvalue weighted by atomic mass is 35.5. The largest absolute Gasteiger partial charge is 0.508 e. The van der Waals surface area contributed by atoms with E-state index in [1.165, 1.54) is 18.2 Å². The van der Waals surface area contributed by atoms with Crippen molar-refractivity contribution in [1.29, 1.82) is 0 Å². The summed E-state index contributed by atoms with van der Waals surface area (Å²) >= 11 is 5.89. The van der Waals surface area contributed by atoms with E-state index >= 15 is 0 Å². The van der Waals surface area contributed by atoms with Gasteiger partial charge in [0.2, 0.25) is 0 Å². The molecule has 106 valence electrons. The number of hydrogen-bond acceptors (Lipinski definition) is 2. The molecule has 2 N–H and O–H groups in total. The molecule has 20 heavy (non-hydrogen) atoms. The summed E-state index contributed by atoms with van der Waals surface area (Å²) in [7, 11) is 0. The molecule has 0 saturated carbocycles. The number of nitrogens with zero attached hydrogens (tertiary/aromatic N) is 1. The molecule has 0 radical (unpaired) electrons. The molecular formula is C14H14ClFN2O2. The Kier molecular flexibility index (Phi) is 4.29. The molecule has 0 aliphatic heterocycles. The van der Waals surface area contributed by atoms with Gasteiger partial charge < -0.3 is 15.0 Å². The number of aryl methyl sites for hydroxylation is 1. The Morgan fingerprint density at radius 2 is 2.20 bits per heavy atom. The zero-order chi connectivity index (χ0) is 14.7. The molecule has 0 aliphatic rings. The molecule has 0 fully saturated rings. The number of anilines is 1. The van der Waals surface area contributed by atoms with E-state index in [-0.39, 0.29) is 11.4 Å². The fourth-order valence-corrected chi connectivity index (χ4v) is 2.10. The van der Waals surface area contributed by atoms with Crippen molar-refractivity contribution >= 4 is 23.2 Å². The lowest BCUT2D eigenvalue weighted by Crippen LogP contribution is -2.17. The van der Waals surface area contributed by atoms with Gasteiger partial charge >= 0.3 is 0 Å². The fraction of sp³-hybridized carbons (Fsp3) is 0.214. The van der Waals surface area contributed by atoms with E-state index in [0.717, 1.165) is 12.5 Å². The number of aromatic nitrogens is 1. The number of halogens is 2. The number of carbonyl (C=O) groups excluding carboxylic acids is 1. The average molecular weight is 297 g/mol. The Hall–Kier alpha value is -2.01. The fourth-order valence-electron chi connectivity index (χ4n) is 1.88. The number of amides is 1. The van der Waals surface area contributed by atoms with E-state index in [4.69, 9.17) is 16.7 Å². The van der Waals surface area contributed by atoms with Crippen LogP contribution < -0.4 is 5.32 Å². The summed E-state index contributed by atoms with van der Waals surface area (Å²) in [4.78, 5) is 12.1. The topological polar surface area (TPSA) is 54.3 Å². The van der Waals surface area contributed by atoms with E-state index < -0.39 is 11.7 Å². The third-order valence-corrected chi connectivity index (χ3v) is 2.97. The summed E-state index contributed by atoms with van der Waals surface area (Å²) < 4.78 is 15.3. The first-order valence-electron chi connectivity index (χ1n) is 6.16. The predicted molar refractivity (Wildman–Crippen MR) is 75.8 cm³/mol. The van der Waals surface area contributed by atoms with Crippen LogP contribution in [0.5, 0.6) is 5.75 Å². The van der Waals surface area contributed by atoms with E-state index in [2.05, 4.69) is 5.32 Å². The standard InChI is InChI=1S/C14H14ClFN2O2/c1-2-5-18-8-9(15)6-13(18)14(20)17-12-4-3-10(19)7-11(12)16/h3-4,6-8,19H,2,5H2,1H3,(H,17,20). The van der Waals surface area contributed by atoms with Crippen LogP contribution in [0.2, 0.25) is 5.02 Å². The number of carbonyl (C=O) groups is 1. The van der Waals surface area contributed by atoms with Crippen LogP contribution in [0.3, 0.4) is 0 Å². The highest BCUT2D eigenvalue weighted by Crippen LogP contribution is 2.21. The minimum absolute atomic E-state index is 0.00757. The van der Waals surface area contributed by atoms with Crippen molar-refractivity contribution in [2.75, 3.05) is 5.32 Å². The van der Waals surface area contributed by atoms with E-state index in [9.17, 15) is 9.18 Å². The van der Waals surface area contributed by atoms with Crippen molar-refractivity contribution in [3.05, 3.63) is 47.0 Å². The molecule has 1 aromatic carbocycles. The molecule has 6 heteroatoms. The van der Waals surface area contributed by atoms with Gasteiger partial charge in [-0.1, -0.05) is 18.5 Å². The SMILES string of the molecule is CCCn1cc(Cl)cc1C(=O)Nc1ccc(O)cc1F. The number of nitrogens with one attached hydrogen (secondary N) is 1. The van der Waals surface area contributed by atoms with Crippen molar-refractivity contribution in [3.8, 4) is 5.75 Å². The second-order valence-electron chi connectivity index (χ2n) is 4.36. The van der Waals surface area contributed by atoms with Gasteiger partial charge in [0.15, 0.2) is 0 Å². The van der Waals surface area contributed by atoms with Gasteiger partial charge in [0.1, 0.15) is 17.3 Å². The van der Waals surface area contributed by atoms with E-state index in [1.807, 2.05) is 6.92 Å². The summed E-state index contributed by atoms with van der Waals surface area (Å²) in [6, 6.07) is 5.08. The third-order valence-electron chi connectivity index (χ3n) is 2.76. The van der Waals surface area contributed by atoms with Crippen LogP contribution in [-0.4, -0.2) is 15.6 Å². The van der Waals surface area contributed by atoms with Crippen LogP contribution in [0.1, 0.15) is 23.8 Å². The zero-order valence-electron chi connectivity index (χ0n) is 10.9. The number of rotatable bonds is 4. The van der Waals surface area contributed by atoms with Crippen LogP contribution in [0.25, 0.3) is 0 Å². The summed E-state index contributed by atoms with van der Waals surface area (Å²) in [5.41, 5.74) is 0.373. The van der Waals surface area contributed by atoms with Gasteiger partial charge in [0, 0.05) is 18.8 Å². The molecule has 1 amide bonds. The maximum atomic E-state index is 13.6. The Morgan fingerprint density at radius 1 is 1.45 bits per heavy atom. The van der Waals surface area contributed by atoms with E-state index in [0.29, 0.717) is 17.3 Å². The maximum absolute atomic E-state index is 13.6. The highest BCUT2D eigenvalue weighted by molar-refractivity contribution is 6.31. The number of phenolic OH excluding ortho intramolecular Hbond substituents is 1. The number of hydrogen-bond donors (Lipinski definition) is 2. The maximum Gasteiger partial charge on any atom is 0.272 e. The summed E-state index contributed by atoms with van der Waals surface area (Å²) in [6.45, 7) is 2.63. The molecule has 0 spiro atoms. The lowest BCUT2D eigenvalue weighted by atomic mass is 10.2. The van der Waals surface area contributed by atoms with E-state index in [1.54, 1.807) is 10.8 Å². The second kappa shape index (κ2) is 5.96. The van der Waals surface area contributed by atoms with Gasteiger partial charge in [-0.05, 0) is 24.6 Å². The Bertz CT molecular complexity index is 640. The van der Waals surface area contributed by atoms with Gasteiger partial charge in [-0.2, -0.15) is 0 Å². The monoisotopic (exact) mass is 296 g/mol. The Labute approximate surface area is 120 Å². The van der Waals surface area contributed by atoms with Gasteiger partial charge in [-0.3, -0.25) is 4.79 Å². The molecule has 2 rings (SSSR count). The molecule has 0 aliphatic carbocycles. The molecule has 4 nitrogen and oxygen atoms in total. The normalized spacial score (nSPS) is 10.6. The third kappa shape index (κ3) is 3.11. The minimum atomic E-state index is -0.696. The van der Waals surface area contributed by atoms with Gasteiger partial charge in [-0.15, -0.1) is 0 Å². The molecule has 0 bridgehead atoms. The van der Waals surface area contributed by atoms with Gasteiger partial charge in [0.25, 0.3) is 5.91 Å². The van der Waals surface area contributed by atoms with Crippen molar-refractivity contribution in [2.24, 2.45) is 0 Å². The molecule has 1 heterocycles. The number of benzene rings is 1. The van der Waals surface area contributed by atoms with Crippen molar-refractivity contribution < 1.29 is 14.3 Å². The van der Waals surface area contributed by atoms with Gasteiger partial charge in [0.05, 0.1) is 10.7 Å². The Balaban J connectivity index is 2.23. The van der Waals surface area contributed by atoms with Crippen molar-refractivity contribution in [2.45, 2.75) is 19.9 Å². The van der Waals surface area contributed by atoms with Crippen LogP contribution >= 0.6 is 11.6 Å². The molecule has 0 atom stereocenters. The second-order valence-corrected chi connectivity index (χ2v) is 4.79. The minimum Gasteiger partial charge on any atom is -0.508 e. The first-order chi connectivity index (χ1) is 9.51. The summed E-state index contributed by atoms with van der Waals surface area (Å²) in [6.07, 6.45) is 2.51. The number of aromatic hydroxyl groups is 1. The smallest absolute Gasteiger partial charge is 0.272 e. The van der Waals surface area contributed by atoms with Crippen molar-refractivity contribution in [3.63, 3.8) is 0 Å². The molecular weight excluding hydrogens is 283 g/mol. The molecule has 0 saturated heterocycles. The van der Waals surface area contributed by atoms with Crippen LogP contribution in [0.4, 0.5) is 10.1 Å². The summed E-state index contributed by atoms with van der Waals surface area (Å²) in [5, 5.41) is 12.0. The van der Waals surface area contributed by atoms with Crippen molar-refractivity contribution in [1.82, 2.24) is 4.57 Å². The molecule has 0 unspecified atom stereocenters. The van der Waals surface area contributed by atoms with Gasteiger partial charge in [-0.25, -0.2) is 4.39 Å². The first-order valence-corrected chi connectivity index (χ1v) is 6.54. The lowest BCUT2D eigenvalue weighted by Gasteiger charge is -2.09. The predicted octanol–water partition coefficient (Wildman–Crippen LogP) is 3.65. The average Bonchev–Trinajstić information content (AvgIpc) is 2.74. The summed E-state index contributed by atoms with van der Waals surface area (Å²) in [5.74, 6) is -1.34. The van der Waals surface area contributed by atoms with Crippen LogP contribution in [-0.2, 0) is 6.54 Å². The number of phenols is 1. The zero-order valence-corrected chi connectivity index (χ0v) is 11.6.